The minimum atomic E-state index is -3.29. The van der Waals surface area contributed by atoms with E-state index in [1.165, 1.54) is 0 Å². The number of hydrogen-bond donors (Lipinski definition) is 2. The van der Waals surface area contributed by atoms with E-state index in [4.69, 9.17) is 0 Å². The van der Waals surface area contributed by atoms with Crippen LogP contribution >= 0.6 is 0 Å². The first-order chi connectivity index (χ1) is 8.94. The zero-order valence-corrected chi connectivity index (χ0v) is 12.7. The molecule has 0 atom stereocenters. The number of rotatable bonds is 8. The van der Waals surface area contributed by atoms with Gasteiger partial charge in [-0.05, 0) is 51.9 Å². The third-order valence-electron chi connectivity index (χ3n) is 2.68. The van der Waals surface area contributed by atoms with Crippen molar-refractivity contribution in [3.8, 4) is 0 Å². The Hall–Kier alpha value is -1.14. The van der Waals surface area contributed by atoms with Crippen LogP contribution in [0.25, 0.3) is 0 Å². The molecule has 0 spiro atoms. The summed E-state index contributed by atoms with van der Waals surface area (Å²) < 4.78 is 26.4. The molecule has 0 aromatic carbocycles. The van der Waals surface area contributed by atoms with Gasteiger partial charge in [0.25, 0.3) is 0 Å². The van der Waals surface area contributed by atoms with Crippen LogP contribution in [0.1, 0.15) is 31.2 Å². The molecule has 0 radical (unpaired) electrons. The molecule has 0 fully saturated rings. The van der Waals surface area contributed by atoms with Gasteiger partial charge in [0.1, 0.15) is 0 Å². The van der Waals surface area contributed by atoms with Crippen LogP contribution in [0.3, 0.4) is 0 Å². The number of anilines is 1. The highest BCUT2D eigenvalue weighted by molar-refractivity contribution is 7.92. The van der Waals surface area contributed by atoms with Crippen molar-refractivity contribution in [3.05, 3.63) is 23.5 Å². The molecule has 0 amide bonds. The number of pyridine rings is 1. The number of sulfonamides is 1. The summed E-state index contributed by atoms with van der Waals surface area (Å²) in [5.74, 6) is 0.122. The predicted octanol–water partition coefficient (Wildman–Crippen LogP) is 1.83. The van der Waals surface area contributed by atoms with Gasteiger partial charge in [0, 0.05) is 5.69 Å². The van der Waals surface area contributed by atoms with Gasteiger partial charge >= 0.3 is 0 Å². The molecule has 5 nitrogen and oxygen atoms in total. The van der Waals surface area contributed by atoms with E-state index in [-0.39, 0.29) is 5.75 Å². The molecule has 0 unspecified atom stereocenters. The predicted molar refractivity (Wildman–Crippen MR) is 78.9 cm³/mol. The lowest BCUT2D eigenvalue weighted by atomic mass is 10.3. The van der Waals surface area contributed by atoms with E-state index >= 15 is 0 Å². The molecular formula is C13H23N3O2S. The van der Waals surface area contributed by atoms with Crippen LogP contribution in [-0.4, -0.2) is 32.2 Å². The van der Waals surface area contributed by atoms with Crippen molar-refractivity contribution in [2.75, 3.05) is 23.6 Å². The summed E-state index contributed by atoms with van der Waals surface area (Å²) in [7, 11) is -3.29. The van der Waals surface area contributed by atoms with Gasteiger partial charge in [-0.1, -0.05) is 6.92 Å². The highest BCUT2D eigenvalue weighted by Gasteiger charge is 2.11. The molecular weight excluding hydrogens is 262 g/mol. The average Bonchev–Trinajstić information content (AvgIpc) is 2.32. The topological polar surface area (TPSA) is 71.1 Å². The monoisotopic (exact) mass is 285 g/mol. The third-order valence-corrected chi connectivity index (χ3v) is 4.04. The summed E-state index contributed by atoms with van der Waals surface area (Å²) in [4.78, 5) is 4.24. The van der Waals surface area contributed by atoms with Gasteiger partial charge in [0.05, 0.1) is 17.1 Å². The fraction of sp³-hybridized carbons (Fsp3) is 0.615. The zero-order chi connectivity index (χ0) is 14.3. The fourth-order valence-electron chi connectivity index (χ4n) is 1.70. The number of nitrogens with zero attached hydrogens (tertiary/aromatic N) is 1. The highest BCUT2D eigenvalue weighted by atomic mass is 32.2. The summed E-state index contributed by atoms with van der Waals surface area (Å²) >= 11 is 0. The van der Waals surface area contributed by atoms with Crippen molar-refractivity contribution >= 4 is 15.7 Å². The van der Waals surface area contributed by atoms with E-state index in [1.807, 2.05) is 6.92 Å². The van der Waals surface area contributed by atoms with E-state index in [0.29, 0.717) is 17.8 Å². The van der Waals surface area contributed by atoms with Crippen molar-refractivity contribution in [3.63, 3.8) is 0 Å². The van der Waals surface area contributed by atoms with Gasteiger partial charge in [-0.15, -0.1) is 0 Å². The number of nitrogens with one attached hydrogen (secondary N) is 2. The smallest absolute Gasteiger partial charge is 0.232 e. The minimum absolute atomic E-state index is 0.122. The molecule has 6 heteroatoms. The lowest BCUT2D eigenvalue weighted by Crippen LogP contribution is -2.22. The summed E-state index contributed by atoms with van der Waals surface area (Å²) in [6.45, 7) is 7.41. The largest absolute Gasteiger partial charge is 0.317 e. The molecule has 108 valence electrons. The van der Waals surface area contributed by atoms with E-state index in [1.54, 1.807) is 19.1 Å². The van der Waals surface area contributed by atoms with Gasteiger partial charge in [0.2, 0.25) is 10.0 Å². The first-order valence-electron chi connectivity index (χ1n) is 6.60. The van der Waals surface area contributed by atoms with Gasteiger partial charge < -0.3 is 5.32 Å². The summed E-state index contributed by atoms with van der Waals surface area (Å²) in [6, 6.07) is 3.55. The fourth-order valence-corrected chi connectivity index (χ4v) is 2.88. The van der Waals surface area contributed by atoms with E-state index in [9.17, 15) is 8.42 Å². The standard InChI is InChI=1S/C13H23N3O2S/c1-4-8-14-9-5-10-19(17,18)16-13-7-6-11(2)15-12(13)3/h6-7,14,16H,4-5,8-10H2,1-3H3. The maximum absolute atomic E-state index is 11.9. The maximum atomic E-state index is 11.9. The molecule has 0 saturated carbocycles. The van der Waals surface area contributed by atoms with Crippen molar-refractivity contribution in [2.24, 2.45) is 0 Å². The molecule has 0 aliphatic rings. The Morgan fingerprint density at radius 3 is 2.58 bits per heavy atom. The highest BCUT2D eigenvalue weighted by Crippen LogP contribution is 2.14. The quantitative estimate of drug-likeness (QED) is 0.715. The molecule has 1 heterocycles. The average molecular weight is 285 g/mol. The van der Waals surface area contributed by atoms with Gasteiger partial charge in [-0.2, -0.15) is 0 Å². The first kappa shape index (κ1) is 15.9. The van der Waals surface area contributed by atoms with Crippen LogP contribution in [0.5, 0.6) is 0 Å². The Kier molecular flexibility index (Phi) is 6.24. The minimum Gasteiger partial charge on any atom is -0.317 e. The zero-order valence-electron chi connectivity index (χ0n) is 11.9. The van der Waals surface area contributed by atoms with Crippen molar-refractivity contribution in [2.45, 2.75) is 33.6 Å². The Labute approximate surface area is 115 Å². The molecule has 0 bridgehead atoms. The second kappa shape index (κ2) is 7.45. The van der Waals surface area contributed by atoms with Gasteiger partial charge in [0.15, 0.2) is 0 Å². The van der Waals surface area contributed by atoms with E-state index < -0.39 is 10.0 Å². The number of aryl methyl sites for hydroxylation is 2. The molecule has 19 heavy (non-hydrogen) atoms. The van der Waals surface area contributed by atoms with E-state index in [0.717, 1.165) is 25.2 Å². The van der Waals surface area contributed by atoms with Crippen LogP contribution in [0, 0.1) is 13.8 Å². The molecule has 0 aliphatic heterocycles. The normalized spacial score (nSPS) is 11.5. The second-order valence-electron chi connectivity index (χ2n) is 4.61. The summed E-state index contributed by atoms with van der Waals surface area (Å²) in [6.07, 6.45) is 1.66. The van der Waals surface area contributed by atoms with Crippen molar-refractivity contribution in [1.29, 1.82) is 0 Å². The summed E-state index contributed by atoms with van der Waals surface area (Å²) in [5, 5.41) is 3.19. The maximum Gasteiger partial charge on any atom is 0.232 e. The van der Waals surface area contributed by atoms with Crippen LogP contribution in [0.15, 0.2) is 12.1 Å². The van der Waals surface area contributed by atoms with E-state index in [2.05, 4.69) is 21.9 Å². The Balaban J connectivity index is 2.50. The second-order valence-corrected chi connectivity index (χ2v) is 6.45. The Morgan fingerprint density at radius 1 is 1.21 bits per heavy atom. The van der Waals surface area contributed by atoms with Gasteiger partial charge in [-0.3, -0.25) is 9.71 Å². The molecule has 0 saturated heterocycles. The van der Waals surface area contributed by atoms with Crippen LogP contribution in [-0.2, 0) is 10.0 Å². The summed E-state index contributed by atoms with van der Waals surface area (Å²) in [5.41, 5.74) is 2.14. The van der Waals surface area contributed by atoms with Crippen LogP contribution < -0.4 is 10.0 Å². The Bertz CT molecular complexity index is 501. The molecule has 0 aliphatic carbocycles. The lowest BCUT2D eigenvalue weighted by molar-refractivity contribution is 0.593. The molecule has 1 rings (SSSR count). The Morgan fingerprint density at radius 2 is 1.95 bits per heavy atom. The number of hydrogen-bond acceptors (Lipinski definition) is 4. The molecule has 1 aromatic heterocycles. The lowest BCUT2D eigenvalue weighted by Gasteiger charge is -2.10. The van der Waals surface area contributed by atoms with Gasteiger partial charge in [-0.25, -0.2) is 8.42 Å². The first-order valence-corrected chi connectivity index (χ1v) is 8.25. The third kappa shape index (κ3) is 6.02. The molecule has 1 aromatic rings. The SMILES string of the molecule is CCCNCCCS(=O)(=O)Nc1ccc(C)nc1C. The number of aromatic nitrogens is 1. The van der Waals surface area contributed by atoms with Crippen molar-refractivity contribution in [1.82, 2.24) is 10.3 Å². The van der Waals surface area contributed by atoms with Crippen molar-refractivity contribution < 1.29 is 8.42 Å². The van der Waals surface area contributed by atoms with Crippen LogP contribution in [0.4, 0.5) is 5.69 Å². The van der Waals surface area contributed by atoms with Crippen LogP contribution in [0.2, 0.25) is 0 Å². The molecule has 2 N–H and O–H groups in total.